The Bertz CT molecular complexity index is 651. The molecule has 1 aromatic carbocycles. The third-order valence-electron chi connectivity index (χ3n) is 3.47. The second-order valence-corrected chi connectivity index (χ2v) is 6.07. The second-order valence-electron chi connectivity index (χ2n) is 5.01. The molecule has 0 amide bonds. The molecule has 0 bridgehead atoms. The van der Waals surface area contributed by atoms with Crippen LogP contribution < -0.4 is 0 Å². The smallest absolute Gasteiger partial charge is 0.182 e. The van der Waals surface area contributed by atoms with Gasteiger partial charge in [0.15, 0.2) is 5.78 Å². The number of aromatic nitrogens is 1. The van der Waals surface area contributed by atoms with Crippen molar-refractivity contribution in [1.29, 1.82) is 0 Å². The van der Waals surface area contributed by atoms with E-state index in [1.165, 1.54) is 0 Å². The van der Waals surface area contributed by atoms with E-state index < -0.39 is 5.38 Å². The molecular formula is C16H17Cl2NO. The summed E-state index contributed by atoms with van der Waals surface area (Å²) < 4.78 is 2.02. The molecule has 1 heterocycles. The van der Waals surface area contributed by atoms with Gasteiger partial charge >= 0.3 is 0 Å². The zero-order valence-electron chi connectivity index (χ0n) is 12.0. The first-order chi connectivity index (χ1) is 9.34. The summed E-state index contributed by atoms with van der Waals surface area (Å²) in [6, 6.07) is 7.65. The lowest BCUT2D eigenvalue weighted by atomic mass is 10.1. The summed E-state index contributed by atoms with van der Waals surface area (Å²) in [5, 5.41) is 0.140. The van der Waals surface area contributed by atoms with Crippen LogP contribution in [0.25, 0.3) is 5.69 Å². The molecule has 0 fully saturated rings. The van der Waals surface area contributed by atoms with Crippen LogP contribution >= 0.6 is 23.2 Å². The summed E-state index contributed by atoms with van der Waals surface area (Å²) in [6.45, 7) is 7.58. The van der Waals surface area contributed by atoms with Crippen molar-refractivity contribution in [2.75, 3.05) is 0 Å². The van der Waals surface area contributed by atoms with E-state index in [1.54, 1.807) is 6.92 Å². The number of aryl methyl sites for hydroxylation is 2. The van der Waals surface area contributed by atoms with Crippen LogP contribution in [-0.4, -0.2) is 15.7 Å². The van der Waals surface area contributed by atoms with Gasteiger partial charge in [-0.2, -0.15) is 0 Å². The minimum atomic E-state index is -0.531. The second kappa shape index (κ2) is 5.63. The first-order valence-corrected chi connectivity index (χ1v) is 7.28. The lowest BCUT2D eigenvalue weighted by molar-refractivity contribution is 0.0991. The van der Waals surface area contributed by atoms with E-state index >= 15 is 0 Å². The Hall–Kier alpha value is -1.25. The van der Waals surface area contributed by atoms with Gasteiger partial charge in [-0.05, 0) is 45.4 Å². The Morgan fingerprint density at radius 2 is 1.90 bits per heavy atom. The van der Waals surface area contributed by atoms with Gasteiger partial charge in [-0.15, -0.1) is 11.6 Å². The molecule has 1 unspecified atom stereocenters. The van der Waals surface area contributed by atoms with Crippen LogP contribution in [0, 0.1) is 20.8 Å². The molecule has 2 nitrogen and oxygen atoms in total. The van der Waals surface area contributed by atoms with Crippen molar-refractivity contribution in [3.05, 3.63) is 51.8 Å². The Morgan fingerprint density at radius 3 is 2.45 bits per heavy atom. The number of Topliss-reactive ketones (excluding diaryl/α,β-unsaturated/α-hetero) is 1. The van der Waals surface area contributed by atoms with Gasteiger partial charge < -0.3 is 4.57 Å². The van der Waals surface area contributed by atoms with E-state index in [4.69, 9.17) is 23.2 Å². The molecule has 0 N–H and O–H groups in total. The van der Waals surface area contributed by atoms with Crippen LogP contribution in [0.15, 0.2) is 24.3 Å². The third-order valence-corrected chi connectivity index (χ3v) is 3.97. The maximum absolute atomic E-state index is 12.2. The predicted octanol–water partition coefficient (Wildman–Crippen LogP) is 4.87. The van der Waals surface area contributed by atoms with Crippen molar-refractivity contribution in [1.82, 2.24) is 4.57 Å². The van der Waals surface area contributed by atoms with Crippen molar-refractivity contribution in [3.8, 4) is 5.69 Å². The number of nitrogens with zero attached hydrogens (tertiary/aromatic N) is 1. The average molecular weight is 310 g/mol. The molecule has 4 heteroatoms. The molecule has 106 valence electrons. The molecule has 0 saturated carbocycles. The molecule has 0 aliphatic carbocycles. The Morgan fingerprint density at radius 1 is 1.25 bits per heavy atom. The molecule has 0 aliphatic heterocycles. The predicted molar refractivity (Wildman–Crippen MR) is 84.6 cm³/mol. The third kappa shape index (κ3) is 2.50. The van der Waals surface area contributed by atoms with E-state index in [0.717, 1.165) is 22.6 Å². The number of halogens is 2. The van der Waals surface area contributed by atoms with Gasteiger partial charge in [-0.3, -0.25) is 4.79 Å². The normalized spacial score (nSPS) is 12.5. The van der Waals surface area contributed by atoms with Gasteiger partial charge in [0.2, 0.25) is 0 Å². The molecule has 2 rings (SSSR count). The highest BCUT2D eigenvalue weighted by atomic mass is 35.5. The van der Waals surface area contributed by atoms with Gasteiger partial charge in [0.25, 0.3) is 0 Å². The maximum Gasteiger partial charge on any atom is 0.182 e. The van der Waals surface area contributed by atoms with Gasteiger partial charge in [0.05, 0.1) is 16.1 Å². The number of rotatable bonds is 3. The zero-order chi connectivity index (χ0) is 15.0. The van der Waals surface area contributed by atoms with Crippen LogP contribution in [0.5, 0.6) is 0 Å². The highest BCUT2D eigenvalue weighted by molar-refractivity contribution is 6.34. The van der Waals surface area contributed by atoms with Gasteiger partial charge in [-0.1, -0.05) is 23.7 Å². The summed E-state index contributed by atoms with van der Waals surface area (Å²) >= 11 is 12.2. The van der Waals surface area contributed by atoms with Crippen LogP contribution in [0.2, 0.25) is 5.02 Å². The van der Waals surface area contributed by atoms with Crippen molar-refractivity contribution < 1.29 is 4.79 Å². The van der Waals surface area contributed by atoms with Crippen molar-refractivity contribution in [3.63, 3.8) is 0 Å². The lowest BCUT2D eigenvalue weighted by Gasteiger charge is -2.14. The number of ketones is 1. The van der Waals surface area contributed by atoms with Gasteiger partial charge in [-0.25, -0.2) is 0 Å². The number of hydrogen-bond acceptors (Lipinski definition) is 1. The largest absolute Gasteiger partial charge is 0.316 e. The number of hydrogen-bond donors (Lipinski definition) is 0. The van der Waals surface area contributed by atoms with Gasteiger partial charge in [0, 0.05) is 17.0 Å². The SMILES string of the molecule is Cc1cccc(Cl)c1-n1c(C)cc(C(=O)C(C)Cl)c1C. The molecule has 0 saturated heterocycles. The summed E-state index contributed by atoms with van der Waals surface area (Å²) in [4.78, 5) is 12.2. The maximum atomic E-state index is 12.2. The standard InChI is InChI=1S/C16H17Cl2NO/c1-9-6-5-7-14(18)15(9)19-10(2)8-13(12(19)4)16(20)11(3)17/h5-8,11H,1-4H3. The van der Waals surface area contributed by atoms with Crippen molar-refractivity contribution in [2.45, 2.75) is 33.1 Å². The average Bonchev–Trinajstić information content (AvgIpc) is 2.65. The molecule has 0 spiro atoms. The fourth-order valence-corrected chi connectivity index (χ4v) is 2.90. The van der Waals surface area contributed by atoms with Crippen molar-refractivity contribution in [2.24, 2.45) is 0 Å². The number of benzene rings is 1. The summed E-state index contributed by atoms with van der Waals surface area (Å²) in [5.41, 5.74) is 4.49. The Kier molecular flexibility index (Phi) is 4.26. The molecule has 1 aromatic heterocycles. The fourth-order valence-electron chi connectivity index (χ4n) is 2.48. The van der Waals surface area contributed by atoms with Crippen LogP contribution in [0.1, 0.15) is 34.2 Å². The summed E-state index contributed by atoms with van der Waals surface area (Å²) in [6.07, 6.45) is 0. The fraction of sp³-hybridized carbons (Fsp3) is 0.312. The molecule has 0 radical (unpaired) electrons. The molecular weight excluding hydrogens is 293 g/mol. The molecule has 0 aliphatic rings. The first-order valence-electron chi connectivity index (χ1n) is 6.47. The van der Waals surface area contributed by atoms with Crippen LogP contribution in [0.4, 0.5) is 0 Å². The number of alkyl halides is 1. The quantitative estimate of drug-likeness (QED) is 0.586. The minimum Gasteiger partial charge on any atom is -0.316 e. The van der Waals surface area contributed by atoms with Crippen LogP contribution in [-0.2, 0) is 0 Å². The van der Waals surface area contributed by atoms with E-state index in [9.17, 15) is 4.79 Å². The van der Waals surface area contributed by atoms with E-state index in [0.29, 0.717) is 10.6 Å². The van der Waals surface area contributed by atoms with E-state index in [1.807, 2.05) is 49.6 Å². The lowest BCUT2D eigenvalue weighted by Crippen LogP contribution is -2.12. The zero-order valence-corrected chi connectivity index (χ0v) is 13.5. The monoisotopic (exact) mass is 309 g/mol. The number of para-hydroxylation sites is 1. The Balaban J connectivity index is 2.68. The van der Waals surface area contributed by atoms with Gasteiger partial charge in [0.1, 0.15) is 0 Å². The Labute approximate surface area is 129 Å². The first kappa shape index (κ1) is 15.1. The highest BCUT2D eigenvalue weighted by Gasteiger charge is 2.21. The number of carbonyl (C=O) groups is 1. The van der Waals surface area contributed by atoms with E-state index in [-0.39, 0.29) is 5.78 Å². The summed E-state index contributed by atoms with van der Waals surface area (Å²) in [7, 11) is 0. The molecule has 2 aromatic rings. The highest BCUT2D eigenvalue weighted by Crippen LogP contribution is 2.29. The molecule has 1 atom stereocenters. The topological polar surface area (TPSA) is 22.0 Å². The van der Waals surface area contributed by atoms with E-state index in [2.05, 4.69) is 0 Å². The number of carbonyl (C=O) groups excluding carboxylic acids is 1. The molecule has 20 heavy (non-hydrogen) atoms. The summed E-state index contributed by atoms with van der Waals surface area (Å²) in [5.74, 6) is -0.0595. The van der Waals surface area contributed by atoms with Crippen molar-refractivity contribution >= 4 is 29.0 Å². The van der Waals surface area contributed by atoms with Crippen LogP contribution in [0.3, 0.4) is 0 Å². The minimum absolute atomic E-state index is 0.0595.